The van der Waals surface area contributed by atoms with Crippen LogP contribution < -0.4 is 15.4 Å². The number of nitrogens with zero attached hydrogens (tertiary/aromatic N) is 1. The first-order valence-electron chi connectivity index (χ1n) is 7.66. The minimum absolute atomic E-state index is 0. The third-order valence-corrected chi connectivity index (χ3v) is 3.59. The van der Waals surface area contributed by atoms with E-state index in [1.165, 1.54) is 5.56 Å². The minimum Gasteiger partial charge on any atom is -0.496 e. The minimum atomic E-state index is 0. The number of nitrogens with one attached hydrogen (secondary N) is 2. The fourth-order valence-electron chi connectivity index (χ4n) is 1.91. The monoisotopic (exact) mass is 419 g/mol. The number of aryl methyl sites for hydroxylation is 1. The highest BCUT2D eigenvalue weighted by Crippen LogP contribution is 2.18. The molecule has 0 saturated heterocycles. The molecule has 0 radical (unpaired) electrons. The zero-order chi connectivity index (χ0) is 15.8. The van der Waals surface area contributed by atoms with Crippen molar-refractivity contribution in [2.75, 3.05) is 13.7 Å². The molecule has 22 heavy (non-hydrogen) atoms. The van der Waals surface area contributed by atoms with Crippen molar-refractivity contribution >= 4 is 29.9 Å². The van der Waals surface area contributed by atoms with Crippen LogP contribution >= 0.6 is 24.0 Å². The average molecular weight is 419 g/mol. The van der Waals surface area contributed by atoms with Gasteiger partial charge in [-0.05, 0) is 43.9 Å². The third-order valence-electron chi connectivity index (χ3n) is 3.59. The van der Waals surface area contributed by atoms with Gasteiger partial charge in [0, 0.05) is 12.6 Å². The van der Waals surface area contributed by atoms with Crippen LogP contribution in [0.1, 0.15) is 38.8 Å². The summed E-state index contributed by atoms with van der Waals surface area (Å²) in [6.45, 7) is 12.2. The molecule has 1 unspecified atom stereocenters. The van der Waals surface area contributed by atoms with Gasteiger partial charge in [-0.1, -0.05) is 26.0 Å². The van der Waals surface area contributed by atoms with Crippen molar-refractivity contribution in [2.24, 2.45) is 10.9 Å². The maximum atomic E-state index is 5.28. The fourth-order valence-corrected chi connectivity index (χ4v) is 1.91. The lowest BCUT2D eigenvalue weighted by Gasteiger charge is -2.20. The Hall–Kier alpha value is -0.980. The van der Waals surface area contributed by atoms with Gasteiger partial charge in [0.25, 0.3) is 0 Å². The van der Waals surface area contributed by atoms with Crippen molar-refractivity contribution in [1.82, 2.24) is 10.6 Å². The molecule has 4 nitrogen and oxygen atoms in total. The lowest BCUT2D eigenvalue weighted by molar-refractivity contribution is 0.411. The first-order chi connectivity index (χ1) is 9.97. The van der Waals surface area contributed by atoms with Crippen LogP contribution in [0, 0.1) is 12.8 Å². The summed E-state index contributed by atoms with van der Waals surface area (Å²) in [7, 11) is 1.70. The normalized spacial score (nSPS) is 12.6. The molecule has 0 heterocycles. The molecule has 1 aromatic rings. The molecule has 0 fully saturated rings. The predicted molar refractivity (Wildman–Crippen MR) is 105 cm³/mol. The number of rotatable bonds is 6. The Morgan fingerprint density at radius 1 is 1.27 bits per heavy atom. The summed E-state index contributed by atoms with van der Waals surface area (Å²) >= 11 is 0. The van der Waals surface area contributed by atoms with Crippen LogP contribution in [0.15, 0.2) is 23.2 Å². The van der Waals surface area contributed by atoms with Crippen molar-refractivity contribution in [3.8, 4) is 5.75 Å². The summed E-state index contributed by atoms with van der Waals surface area (Å²) < 4.78 is 5.28. The van der Waals surface area contributed by atoms with Gasteiger partial charge in [0.2, 0.25) is 0 Å². The molecule has 0 bridgehead atoms. The van der Waals surface area contributed by atoms with Crippen molar-refractivity contribution in [1.29, 1.82) is 0 Å². The van der Waals surface area contributed by atoms with E-state index in [-0.39, 0.29) is 24.0 Å². The van der Waals surface area contributed by atoms with E-state index in [0.717, 1.165) is 23.8 Å². The smallest absolute Gasteiger partial charge is 0.191 e. The fraction of sp³-hybridized carbons (Fsp3) is 0.588. The number of halogens is 1. The largest absolute Gasteiger partial charge is 0.496 e. The molecule has 0 amide bonds. The van der Waals surface area contributed by atoms with Gasteiger partial charge in [-0.3, -0.25) is 0 Å². The molecule has 1 rings (SSSR count). The molecular weight excluding hydrogens is 389 g/mol. The summed E-state index contributed by atoms with van der Waals surface area (Å²) in [5.41, 5.74) is 2.32. The number of hydrogen-bond donors (Lipinski definition) is 2. The van der Waals surface area contributed by atoms with E-state index in [4.69, 9.17) is 4.74 Å². The van der Waals surface area contributed by atoms with Crippen molar-refractivity contribution in [2.45, 2.75) is 47.2 Å². The average Bonchev–Trinajstić information content (AvgIpc) is 2.45. The number of methoxy groups -OCH3 is 1. The molecule has 1 atom stereocenters. The van der Waals surface area contributed by atoms with Gasteiger partial charge in [-0.25, -0.2) is 4.99 Å². The van der Waals surface area contributed by atoms with E-state index in [1.54, 1.807) is 7.11 Å². The maximum absolute atomic E-state index is 5.28. The summed E-state index contributed by atoms with van der Waals surface area (Å²) in [5, 5.41) is 6.73. The zero-order valence-electron chi connectivity index (χ0n) is 14.6. The van der Waals surface area contributed by atoms with Crippen LogP contribution in [0.3, 0.4) is 0 Å². The number of hydrogen-bond acceptors (Lipinski definition) is 2. The summed E-state index contributed by atoms with van der Waals surface area (Å²) in [6, 6.07) is 6.57. The molecule has 1 aromatic carbocycles. The molecule has 0 aliphatic carbocycles. The topological polar surface area (TPSA) is 45.7 Å². The van der Waals surface area contributed by atoms with E-state index in [2.05, 4.69) is 62.4 Å². The van der Waals surface area contributed by atoms with Crippen LogP contribution in [0.4, 0.5) is 0 Å². The van der Waals surface area contributed by atoms with Crippen molar-refractivity contribution < 1.29 is 4.74 Å². The number of benzene rings is 1. The lowest BCUT2D eigenvalue weighted by Crippen LogP contribution is -2.44. The molecule has 0 aliphatic heterocycles. The molecule has 5 heteroatoms. The summed E-state index contributed by atoms with van der Waals surface area (Å²) in [5.74, 6) is 2.35. The van der Waals surface area contributed by atoms with Crippen LogP contribution in [-0.4, -0.2) is 25.7 Å². The van der Waals surface area contributed by atoms with Crippen LogP contribution in [0.5, 0.6) is 5.75 Å². The Bertz CT molecular complexity index is 475. The Labute approximate surface area is 152 Å². The third kappa shape index (κ3) is 6.85. The van der Waals surface area contributed by atoms with Gasteiger partial charge in [0.05, 0.1) is 13.7 Å². The van der Waals surface area contributed by atoms with Crippen molar-refractivity contribution in [3.63, 3.8) is 0 Å². The van der Waals surface area contributed by atoms with E-state index in [0.29, 0.717) is 18.5 Å². The Morgan fingerprint density at radius 2 is 1.95 bits per heavy atom. The molecule has 126 valence electrons. The number of ether oxygens (including phenoxy) is 1. The molecule has 0 saturated carbocycles. The molecule has 0 spiro atoms. The van der Waals surface area contributed by atoms with Crippen LogP contribution in [0.25, 0.3) is 0 Å². The highest BCUT2D eigenvalue weighted by molar-refractivity contribution is 14.0. The Morgan fingerprint density at radius 3 is 2.45 bits per heavy atom. The van der Waals surface area contributed by atoms with Gasteiger partial charge in [0.1, 0.15) is 5.75 Å². The highest BCUT2D eigenvalue weighted by Gasteiger charge is 2.08. The Kier molecular flexibility index (Phi) is 10.2. The summed E-state index contributed by atoms with van der Waals surface area (Å²) in [4.78, 5) is 4.66. The molecule has 0 aliphatic rings. The molecule has 0 aromatic heterocycles. The second kappa shape index (κ2) is 10.7. The van der Waals surface area contributed by atoms with E-state index in [9.17, 15) is 0 Å². The van der Waals surface area contributed by atoms with Gasteiger partial charge < -0.3 is 15.4 Å². The second-order valence-electron chi connectivity index (χ2n) is 5.68. The standard InChI is InChI=1S/C17H29N3O.HI/c1-7-18-17(20-14(5)12(2)3)19-11-15-8-9-16(21-6)13(4)10-15;/h8-10,12,14H,7,11H2,1-6H3,(H2,18,19,20);1H. The first kappa shape index (κ1) is 21.0. The highest BCUT2D eigenvalue weighted by atomic mass is 127. The lowest BCUT2D eigenvalue weighted by atomic mass is 10.1. The van der Waals surface area contributed by atoms with E-state index in [1.807, 2.05) is 6.07 Å². The van der Waals surface area contributed by atoms with Gasteiger partial charge in [-0.15, -0.1) is 24.0 Å². The number of aliphatic imine (C=N–C) groups is 1. The van der Waals surface area contributed by atoms with Gasteiger partial charge in [0.15, 0.2) is 5.96 Å². The first-order valence-corrected chi connectivity index (χ1v) is 7.66. The van der Waals surface area contributed by atoms with E-state index < -0.39 is 0 Å². The zero-order valence-corrected chi connectivity index (χ0v) is 16.9. The van der Waals surface area contributed by atoms with Crippen LogP contribution in [0.2, 0.25) is 0 Å². The maximum Gasteiger partial charge on any atom is 0.191 e. The van der Waals surface area contributed by atoms with E-state index >= 15 is 0 Å². The number of guanidine groups is 1. The van der Waals surface area contributed by atoms with Crippen molar-refractivity contribution in [3.05, 3.63) is 29.3 Å². The predicted octanol–water partition coefficient (Wildman–Crippen LogP) is 3.72. The SMILES string of the molecule is CCNC(=NCc1ccc(OC)c(C)c1)NC(C)C(C)C.I. The quantitative estimate of drug-likeness (QED) is 0.420. The molecular formula is C17H30IN3O. The Balaban J connectivity index is 0.00000441. The van der Waals surface area contributed by atoms with Gasteiger partial charge in [-0.2, -0.15) is 0 Å². The second-order valence-corrected chi connectivity index (χ2v) is 5.68. The molecule has 2 N–H and O–H groups in total. The summed E-state index contributed by atoms with van der Waals surface area (Å²) in [6.07, 6.45) is 0. The van der Waals surface area contributed by atoms with Crippen LogP contribution in [-0.2, 0) is 6.54 Å². The van der Waals surface area contributed by atoms with Gasteiger partial charge >= 0.3 is 0 Å².